The number of benzene rings is 3. The second-order valence-corrected chi connectivity index (χ2v) is 23.2. The van der Waals surface area contributed by atoms with E-state index in [0.29, 0.717) is 12.0 Å². The SMILES string of the molecule is CCCCC/C=C\C/C=C\CCCCCCCCNC(=O)O[C@@H](C(=O)O[C@H]1C[C@@]2(O)[C@@H](OC(=O)c3ccccc3)[C@@H]3[C@]4(OC(C)=O)CO[C@@H]4C[C@H](O)[C@@]3(C)C(=O)[C@@H](OC(C)=O)C(=C1C)C2(C)C)[C@@H](NC(=O)c1ccccc1)c1ccccc1. The quantitative estimate of drug-likeness (QED) is 0.0253. The van der Waals surface area contributed by atoms with Gasteiger partial charge in [-0.05, 0) is 93.3 Å². The standard InChI is InChI=1S/C66H84N2O15/c1-8-9-10-11-12-13-14-15-16-17-18-19-20-21-22-32-39-67-62(76)81-55(53(46-33-26-23-27-34-46)68-59(73)47-35-28-24-29-36-47)61(75)80-49-41-66(77)58(82-60(74)48-37-30-25-31-38-48)56-64(7,50(71)40-51-65(56,42-78-51)83-45(4)70)57(72)54(79-44(3)69)52(43(49)2)63(66,5)6/h12-13,15-16,23-31,33-38,49-51,53-56,58,71,77H,8-11,14,17-22,32,39-42H2,1-7H3,(H,67,76)(H,68,73)/b13-12-,16-15-/t49-,50-,51+,53-,54-,55+,56-,58-,64+,65-,66+/m0/s1. The zero-order chi connectivity index (χ0) is 60.0. The molecule has 4 N–H and O–H groups in total. The molecule has 0 radical (unpaired) electrons. The van der Waals surface area contributed by atoms with Crippen molar-refractivity contribution in [3.8, 4) is 0 Å². The fourth-order valence-corrected chi connectivity index (χ4v) is 12.7. The van der Waals surface area contributed by atoms with Gasteiger partial charge in [-0.25, -0.2) is 14.4 Å². The Hall–Kier alpha value is -6.95. The number of aliphatic hydroxyl groups is 2. The molecule has 0 spiro atoms. The minimum atomic E-state index is -2.46. The van der Waals surface area contributed by atoms with Crippen LogP contribution < -0.4 is 10.6 Å². The molecule has 448 valence electrons. The largest absolute Gasteiger partial charge is 0.455 e. The summed E-state index contributed by atoms with van der Waals surface area (Å²) in [6.45, 7) is 10.4. The number of carbonyl (C=O) groups is 7. The summed E-state index contributed by atoms with van der Waals surface area (Å²) < 4.78 is 37.2. The first-order chi connectivity index (χ1) is 39.7. The van der Waals surface area contributed by atoms with Crippen LogP contribution in [0.1, 0.15) is 171 Å². The lowest BCUT2D eigenvalue weighted by atomic mass is 9.44. The van der Waals surface area contributed by atoms with Gasteiger partial charge in [0.25, 0.3) is 5.91 Å². The highest BCUT2D eigenvalue weighted by Gasteiger charge is 2.78. The Balaban J connectivity index is 1.21. The monoisotopic (exact) mass is 1140 g/mol. The lowest BCUT2D eigenvalue weighted by molar-refractivity contribution is -0.346. The van der Waals surface area contributed by atoms with E-state index in [-0.39, 0.29) is 41.8 Å². The zero-order valence-corrected chi connectivity index (χ0v) is 49.1. The third-order valence-corrected chi connectivity index (χ3v) is 17.3. The molecule has 1 saturated heterocycles. The predicted octanol–water partition coefficient (Wildman–Crippen LogP) is 10.3. The van der Waals surface area contributed by atoms with Crippen molar-refractivity contribution in [1.82, 2.24) is 10.6 Å². The Morgan fingerprint density at radius 3 is 1.93 bits per heavy atom. The van der Waals surface area contributed by atoms with Crippen LogP contribution in [0.4, 0.5) is 4.79 Å². The molecule has 0 unspecified atom stereocenters. The van der Waals surface area contributed by atoms with Gasteiger partial charge in [-0.1, -0.05) is 150 Å². The first-order valence-electron chi connectivity index (χ1n) is 29.5. The van der Waals surface area contributed by atoms with E-state index in [2.05, 4.69) is 41.9 Å². The Labute approximate surface area is 487 Å². The number of allylic oxidation sites excluding steroid dienone is 4. The first-order valence-corrected chi connectivity index (χ1v) is 29.5. The molecule has 3 aromatic rings. The molecule has 1 heterocycles. The lowest BCUT2D eigenvalue weighted by Crippen LogP contribution is -2.82. The summed E-state index contributed by atoms with van der Waals surface area (Å²) >= 11 is 0. The summed E-state index contributed by atoms with van der Waals surface area (Å²) in [4.78, 5) is 101. The van der Waals surface area contributed by atoms with Crippen LogP contribution in [0.15, 0.2) is 126 Å². The molecule has 2 bridgehead atoms. The molecule has 11 atom stereocenters. The van der Waals surface area contributed by atoms with Crippen LogP contribution in [-0.2, 0) is 47.6 Å². The fourth-order valence-electron chi connectivity index (χ4n) is 12.7. The smallest absolute Gasteiger partial charge is 0.408 e. The number of amides is 2. The second kappa shape index (κ2) is 28.6. The summed E-state index contributed by atoms with van der Waals surface area (Å²) in [5, 5.41) is 32.0. The van der Waals surface area contributed by atoms with Gasteiger partial charge in [-0.2, -0.15) is 0 Å². The van der Waals surface area contributed by atoms with Crippen LogP contribution in [-0.4, -0.2) is 113 Å². The molecular weight excluding hydrogens is 1060 g/mol. The molecule has 1 aliphatic heterocycles. The molecule has 4 aliphatic rings. The first kappa shape index (κ1) is 63.6. The highest BCUT2D eigenvalue weighted by atomic mass is 16.6. The van der Waals surface area contributed by atoms with Crippen molar-refractivity contribution in [3.05, 3.63) is 143 Å². The number of nitrogens with one attached hydrogen (secondary N) is 2. The summed E-state index contributed by atoms with van der Waals surface area (Å²) in [5.41, 5.74) is -7.30. The van der Waals surface area contributed by atoms with Gasteiger partial charge < -0.3 is 49.3 Å². The van der Waals surface area contributed by atoms with Gasteiger partial charge in [0.15, 0.2) is 17.5 Å². The molecule has 0 aromatic heterocycles. The maximum Gasteiger partial charge on any atom is 0.408 e. The molecule has 2 amide bonds. The van der Waals surface area contributed by atoms with Crippen molar-refractivity contribution in [2.75, 3.05) is 13.2 Å². The fraction of sp³-hybridized carbons (Fsp3) is 0.530. The molecule has 3 fully saturated rings. The number of Topliss-reactive ketones (excluding diaryl/α,β-unsaturated/α-hetero) is 1. The predicted molar refractivity (Wildman–Crippen MR) is 309 cm³/mol. The number of ether oxygens (including phenoxy) is 6. The van der Waals surface area contributed by atoms with Gasteiger partial charge in [0.1, 0.15) is 30.0 Å². The van der Waals surface area contributed by atoms with Crippen molar-refractivity contribution in [1.29, 1.82) is 0 Å². The van der Waals surface area contributed by atoms with Gasteiger partial charge in [-0.15, -0.1) is 0 Å². The number of unbranched alkanes of at least 4 members (excludes halogenated alkanes) is 9. The van der Waals surface area contributed by atoms with Gasteiger partial charge in [0.2, 0.25) is 6.10 Å². The normalized spacial score (nSPS) is 26.9. The summed E-state index contributed by atoms with van der Waals surface area (Å²) in [6, 6.07) is 23.1. The Bertz CT molecular complexity index is 2830. The number of carbonyl (C=O) groups excluding carboxylic acids is 7. The van der Waals surface area contributed by atoms with Crippen molar-refractivity contribution in [2.45, 2.75) is 192 Å². The van der Waals surface area contributed by atoms with E-state index < -0.39 is 119 Å². The minimum Gasteiger partial charge on any atom is -0.455 e. The third kappa shape index (κ3) is 14.4. The number of alkyl carbamates (subject to hydrolysis) is 1. The number of rotatable bonds is 26. The highest BCUT2D eigenvalue weighted by Crippen LogP contribution is 2.64. The molecule has 7 rings (SSSR count). The van der Waals surface area contributed by atoms with Crippen molar-refractivity contribution >= 4 is 41.7 Å². The average molecular weight is 1150 g/mol. The number of ketones is 1. The van der Waals surface area contributed by atoms with E-state index in [1.807, 2.05) is 0 Å². The second-order valence-electron chi connectivity index (χ2n) is 23.2. The Morgan fingerprint density at radius 1 is 0.747 bits per heavy atom. The van der Waals surface area contributed by atoms with Crippen LogP contribution in [0.5, 0.6) is 0 Å². The van der Waals surface area contributed by atoms with E-state index in [4.69, 9.17) is 28.4 Å². The topological polar surface area (TPSA) is 239 Å². The molecule has 3 aliphatic carbocycles. The van der Waals surface area contributed by atoms with Crippen LogP contribution in [0.2, 0.25) is 0 Å². The third-order valence-electron chi connectivity index (χ3n) is 17.3. The van der Waals surface area contributed by atoms with Gasteiger partial charge in [-0.3, -0.25) is 19.2 Å². The summed E-state index contributed by atoms with van der Waals surface area (Å²) in [6.07, 6.45) is 9.67. The number of esters is 4. The Kier molecular flexibility index (Phi) is 21.9. The van der Waals surface area contributed by atoms with E-state index in [1.165, 1.54) is 38.3 Å². The minimum absolute atomic E-state index is 0.0223. The molecule has 2 saturated carbocycles. The number of fused-ring (bicyclic) bond motifs is 5. The number of aliphatic hydroxyl groups excluding tert-OH is 1. The van der Waals surface area contributed by atoms with E-state index in [0.717, 1.165) is 65.2 Å². The van der Waals surface area contributed by atoms with Crippen molar-refractivity contribution < 1.29 is 72.2 Å². The van der Waals surface area contributed by atoms with Crippen molar-refractivity contribution in [2.24, 2.45) is 16.7 Å². The number of hydrogen-bond acceptors (Lipinski definition) is 15. The van der Waals surface area contributed by atoms with Crippen molar-refractivity contribution in [3.63, 3.8) is 0 Å². The van der Waals surface area contributed by atoms with Gasteiger partial charge in [0, 0.05) is 44.2 Å². The van der Waals surface area contributed by atoms with Crippen LogP contribution in [0.3, 0.4) is 0 Å². The molecule has 17 heteroatoms. The summed E-state index contributed by atoms with van der Waals surface area (Å²) in [7, 11) is 0. The molecule has 83 heavy (non-hydrogen) atoms. The average Bonchev–Trinajstić information content (AvgIpc) is 0.824. The maximum atomic E-state index is 15.8. The van der Waals surface area contributed by atoms with Gasteiger partial charge >= 0.3 is 30.0 Å². The lowest BCUT2D eigenvalue weighted by Gasteiger charge is -2.67. The Morgan fingerprint density at radius 2 is 1.34 bits per heavy atom. The van der Waals surface area contributed by atoms with E-state index >= 15 is 9.59 Å². The molecule has 17 nitrogen and oxygen atoms in total. The molecule has 3 aromatic carbocycles. The highest BCUT2D eigenvalue weighted by molar-refractivity contribution is 5.96. The van der Waals surface area contributed by atoms with E-state index in [1.54, 1.807) is 99.6 Å². The zero-order valence-electron chi connectivity index (χ0n) is 49.1. The van der Waals surface area contributed by atoms with Crippen LogP contribution >= 0.6 is 0 Å². The van der Waals surface area contributed by atoms with Crippen LogP contribution in [0.25, 0.3) is 0 Å². The molecular formula is C66H84N2O15. The van der Waals surface area contributed by atoms with Crippen LogP contribution in [0, 0.1) is 16.7 Å². The van der Waals surface area contributed by atoms with E-state index in [9.17, 15) is 34.2 Å². The maximum absolute atomic E-state index is 15.8. The number of hydrogen-bond donors (Lipinski definition) is 4. The van der Waals surface area contributed by atoms with Gasteiger partial charge in [0.05, 0.1) is 29.6 Å². The summed E-state index contributed by atoms with van der Waals surface area (Å²) in [5.74, 6) is -6.91.